The lowest BCUT2D eigenvalue weighted by atomic mass is 10.0. The van der Waals surface area contributed by atoms with Crippen LogP contribution in [0.3, 0.4) is 0 Å². The van der Waals surface area contributed by atoms with E-state index in [0.29, 0.717) is 6.54 Å². The van der Waals surface area contributed by atoms with Crippen molar-refractivity contribution in [1.82, 2.24) is 4.98 Å². The summed E-state index contributed by atoms with van der Waals surface area (Å²) in [5, 5.41) is 0. The number of aromatic nitrogens is 1. The average molecular weight is 253 g/mol. The molecule has 0 unspecified atom stereocenters. The number of para-hydroxylation sites is 1. The molecular formula is C16H19N3. The van der Waals surface area contributed by atoms with Crippen molar-refractivity contribution >= 4 is 11.4 Å². The fraction of sp³-hybridized carbons (Fsp3) is 0.312. The number of nitrogens with two attached hydrogens (primary N) is 1. The lowest BCUT2D eigenvalue weighted by Crippen LogP contribution is -2.26. The van der Waals surface area contributed by atoms with Crippen LogP contribution in [0.1, 0.15) is 23.2 Å². The summed E-state index contributed by atoms with van der Waals surface area (Å²) < 4.78 is 0. The summed E-state index contributed by atoms with van der Waals surface area (Å²) in [6.45, 7) is 3.61. The average Bonchev–Trinajstić information content (AvgIpc) is 2.46. The van der Waals surface area contributed by atoms with Crippen LogP contribution in [-0.2, 0) is 13.0 Å². The topological polar surface area (TPSA) is 42.1 Å². The van der Waals surface area contributed by atoms with Crippen molar-refractivity contribution < 1.29 is 0 Å². The number of benzene rings is 1. The summed E-state index contributed by atoms with van der Waals surface area (Å²) in [5.41, 5.74) is 12.0. The number of hydrogen-bond donors (Lipinski definition) is 1. The maximum absolute atomic E-state index is 5.86. The second kappa shape index (κ2) is 5.02. The van der Waals surface area contributed by atoms with Crippen LogP contribution in [0.2, 0.25) is 0 Å². The Balaban J connectivity index is 2.11. The number of aryl methyl sites for hydroxylation is 2. The number of pyridine rings is 1. The van der Waals surface area contributed by atoms with E-state index in [1.54, 1.807) is 0 Å². The molecule has 2 aromatic rings. The van der Waals surface area contributed by atoms with Gasteiger partial charge in [0.1, 0.15) is 0 Å². The molecule has 0 bridgehead atoms. The summed E-state index contributed by atoms with van der Waals surface area (Å²) in [4.78, 5) is 6.74. The van der Waals surface area contributed by atoms with Gasteiger partial charge in [0.05, 0.1) is 0 Å². The van der Waals surface area contributed by atoms with Crippen molar-refractivity contribution in [1.29, 1.82) is 0 Å². The highest BCUT2D eigenvalue weighted by atomic mass is 15.1. The monoisotopic (exact) mass is 253 g/mol. The normalized spacial score (nSPS) is 14.3. The van der Waals surface area contributed by atoms with Gasteiger partial charge in [0.25, 0.3) is 0 Å². The largest absolute Gasteiger partial charge is 0.341 e. The Bertz CT molecular complexity index is 592. The minimum atomic E-state index is 0.529. The maximum Gasteiger partial charge on any atom is 0.0490 e. The molecule has 1 aliphatic rings. The van der Waals surface area contributed by atoms with E-state index in [9.17, 15) is 0 Å². The van der Waals surface area contributed by atoms with Crippen molar-refractivity contribution in [3.63, 3.8) is 0 Å². The van der Waals surface area contributed by atoms with E-state index in [1.165, 1.54) is 23.4 Å². The van der Waals surface area contributed by atoms with Crippen molar-refractivity contribution in [2.75, 3.05) is 11.4 Å². The third kappa shape index (κ3) is 2.22. The van der Waals surface area contributed by atoms with Crippen molar-refractivity contribution in [2.24, 2.45) is 5.73 Å². The van der Waals surface area contributed by atoms with E-state index >= 15 is 0 Å². The van der Waals surface area contributed by atoms with Crippen LogP contribution in [0.4, 0.5) is 11.4 Å². The molecule has 0 saturated carbocycles. The van der Waals surface area contributed by atoms with E-state index in [-0.39, 0.29) is 0 Å². The van der Waals surface area contributed by atoms with Gasteiger partial charge in [0, 0.05) is 41.9 Å². The number of anilines is 2. The van der Waals surface area contributed by atoms with Gasteiger partial charge in [-0.3, -0.25) is 4.98 Å². The molecule has 2 N–H and O–H groups in total. The van der Waals surface area contributed by atoms with Gasteiger partial charge in [-0.2, -0.15) is 0 Å². The first-order valence-electron chi connectivity index (χ1n) is 6.80. The molecule has 19 heavy (non-hydrogen) atoms. The highest BCUT2D eigenvalue weighted by Gasteiger charge is 2.19. The molecule has 0 atom stereocenters. The highest BCUT2D eigenvalue weighted by molar-refractivity contribution is 5.70. The van der Waals surface area contributed by atoms with Gasteiger partial charge in [0.15, 0.2) is 0 Å². The summed E-state index contributed by atoms with van der Waals surface area (Å²) in [6.07, 6.45) is 4.25. The van der Waals surface area contributed by atoms with Crippen molar-refractivity contribution in [3.8, 4) is 0 Å². The molecule has 3 nitrogen and oxygen atoms in total. The van der Waals surface area contributed by atoms with E-state index in [4.69, 9.17) is 5.73 Å². The first kappa shape index (κ1) is 12.2. The first-order chi connectivity index (χ1) is 9.29. The molecule has 0 saturated heterocycles. The zero-order valence-corrected chi connectivity index (χ0v) is 11.3. The summed E-state index contributed by atoms with van der Waals surface area (Å²) >= 11 is 0. The highest BCUT2D eigenvalue weighted by Crippen LogP contribution is 2.35. The van der Waals surface area contributed by atoms with Crippen LogP contribution in [0, 0.1) is 6.92 Å². The van der Waals surface area contributed by atoms with Crippen LogP contribution >= 0.6 is 0 Å². The summed E-state index contributed by atoms with van der Waals surface area (Å²) in [6, 6.07) is 10.8. The van der Waals surface area contributed by atoms with Crippen LogP contribution in [0.25, 0.3) is 0 Å². The molecule has 1 aromatic carbocycles. The third-order valence-electron chi connectivity index (χ3n) is 3.72. The number of hydrogen-bond acceptors (Lipinski definition) is 3. The SMILES string of the molecule is Cc1cc(N2CCCc3ccccc32)c(CN)cn1. The fourth-order valence-corrected chi connectivity index (χ4v) is 2.77. The van der Waals surface area contributed by atoms with Crippen LogP contribution in [0.5, 0.6) is 0 Å². The Morgan fingerprint density at radius 3 is 2.95 bits per heavy atom. The quantitative estimate of drug-likeness (QED) is 0.894. The summed E-state index contributed by atoms with van der Waals surface area (Å²) in [5.74, 6) is 0. The van der Waals surface area contributed by atoms with E-state index in [1.807, 2.05) is 13.1 Å². The molecule has 3 heteroatoms. The predicted octanol–water partition coefficient (Wildman–Crippen LogP) is 2.93. The Labute approximate surface area is 114 Å². The van der Waals surface area contributed by atoms with Crippen LogP contribution < -0.4 is 10.6 Å². The molecule has 2 heterocycles. The molecule has 1 aromatic heterocycles. The van der Waals surface area contributed by atoms with Crippen molar-refractivity contribution in [2.45, 2.75) is 26.3 Å². The van der Waals surface area contributed by atoms with Gasteiger partial charge >= 0.3 is 0 Å². The Morgan fingerprint density at radius 2 is 2.11 bits per heavy atom. The zero-order chi connectivity index (χ0) is 13.2. The molecule has 0 fully saturated rings. The lowest BCUT2D eigenvalue weighted by Gasteiger charge is -2.32. The lowest BCUT2D eigenvalue weighted by molar-refractivity contribution is 0.762. The smallest absolute Gasteiger partial charge is 0.0490 e. The van der Waals surface area contributed by atoms with Gasteiger partial charge in [0.2, 0.25) is 0 Å². The van der Waals surface area contributed by atoms with E-state index in [2.05, 4.69) is 40.2 Å². The second-order valence-electron chi connectivity index (χ2n) is 5.04. The molecule has 1 aliphatic heterocycles. The van der Waals surface area contributed by atoms with Gasteiger partial charge in [-0.1, -0.05) is 18.2 Å². The minimum Gasteiger partial charge on any atom is -0.341 e. The molecule has 0 radical (unpaired) electrons. The third-order valence-corrected chi connectivity index (χ3v) is 3.72. The number of rotatable bonds is 2. The molecule has 0 amide bonds. The zero-order valence-electron chi connectivity index (χ0n) is 11.3. The number of fused-ring (bicyclic) bond motifs is 1. The molecule has 98 valence electrons. The Kier molecular flexibility index (Phi) is 3.22. The first-order valence-corrected chi connectivity index (χ1v) is 6.80. The van der Waals surface area contributed by atoms with Gasteiger partial charge < -0.3 is 10.6 Å². The fourth-order valence-electron chi connectivity index (χ4n) is 2.77. The van der Waals surface area contributed by atoms with Gasteiger partial charge in [-0.05, 0) is 37.5 Å². The molecule has 3 rings (SSSR count). The van der Waals surface area contributed by atoms with Gasteiger partial charge in [-0.25, -0.2) is 0 Å². The number of nitrogens with zero attached hydrogens (tertiary/aromatic N) is 2. The molecule has 0 spiro atoms. The van der Waals surface area contributed by atoms with Crippen LogP contribution in [-0.4, -0.2) is 11.5 Å². The van der Waals surface area contributed by atoms with E-state index < -0.39 is 0 Å². The van der Waals surface area contributed by atoms with E-state index in [0.717, 1.165) is 24.2 Å². The predicted molar refractivity (Wildman–Crippen MR) is 78.6 cm³/mol. The van der Waals surface area contributed by atoms with Crippen molar-refractivity contribution in [3.05, 3.63) is 53.3 Å². The molecule has 0 aliphatic carbocycles. The minimum absolute atomic E-state index is 0.529. The second-order valence-corrected chi connectivity index (χ2v) is 5.04. The Morgan fingerprint density at radius 1 is 1.26 bits per heavy atom. The Hall–Kier alpha value is -1.87. The molecular weight excluding hydrogens is 234 g/mol. The maximum atomic E-state index is 5.86. The summed E-state index contributed by atoms with van der Waals surface area (Å²) in [7, 11) is 0. The van der Waals surface area contributed by atoms with Gasteiger partial charge in [-0.15, -0.1) is 0 Å². The standard InChI is InChI=1S/C16H19N3/c1-12-9-16(14(10-17)11-18-12)19-8-4-6-13-5-2-3-7-15(13)19/h2-3,5,7,9,11H,4,6,8,10,17H2,1H3. The van der Waals surface area contributed by atoms with Crippen LogP contribution in [0.15, 0.2) is 36.5 Å².